The molecule has 7 nitrogen and oxygen atoms in total. The summed E-state index contributed by atoms with van der Waals surface area (Å²) in [7, 11) is 1.55. The van der Waals surface area contributed by atoms with Gasteiger partial charge in [0.2, 0.25) is 0 Å². The molecule has 0 aliphatic carbocycles. The molecule has 0 saturated carbocycles. The number of fused-ring (bicyclic) bond motifs is 1. The second-order valence-electron chi connectivity index (χ2n) is 9.49. The van der Waals surface area contributed by atoms with E-state index in [1.807, 2.05) is 49.4 Å². The van der Waals surface area contributed by atoms with E-state index in [9.17, 15) is 14.7 Å². The normalized spacial score (nSPS) is 16.7. The van der Waals surface area contributed by atoms with Gasteiger partial charge in [-0.05, 0) is 73.0 Å². The first-order valence-corrected chi connectivity index (χ1v) is 13.8. The van der Waals surface area contributed by atoms with Crippen molar-refractivity contribution in [3.8, 4) is 11.5 Å². The number of carbonyl (C=O) groups is 2. The van der Waals surface area contributed by atoms with Crippen molar-refractivity contribution in [1.29, 1.82) is 0 Å². The maximum Gasteiger partial charge on any atom is 0.301 e. The number of methoxy groups -OCH3 is 1. The topological polar surface area (TPSA) is 89.0 Å². The van der Waals surface area contributed by atoms with Crippen molar-refractivity contribution in [3.05, 3.63) is 89.0 Å². The van der Waals surface area contributed by atoms with Crippen molar-refractivity contribution in [2.24, 2.45) is 0 Å². The molecular formula is C31H30N2O5S. The molecule has 1 amide bonds. The standard InChI is InChI=1S/C31H30N2O5S/c1-4-5-6-16-38-23-9-7-8-21(18-23)27-26(28(34)20-11-13-22(37-3)14-12-20)29(35)30(36)33(27)31-32-24-15-10-19(2)17-25(24)39-31/h7-15,17-18,27,34H,4-6,16H2,1-3H3/b28-26+. The SMILES string of the molecule is CCCCCOc1cccc(C2/C(=C(\O)c3ccc(OC)cc3)C(=O)C(=O)N2c2nc3ccc(C)cc3s2)c1. The number of ketones is 1. The van der Waals surface area contributed by atoms with E-state index in [-0.39, 0.29) is 11.3 Å². The Morgan fingerprint density at radius 1 is 1.03 bits per heavy atom. The quantitative estimate of drug-likeness (QED) is 0.108. The van der Waals surface area contributed by atoms with Crippen LogP contribution in [0.2, 0.25) is 0 Å². The van der Waals surface area contributed by atoms with Crippen LogP contribution in [0.25, 0.3) is 16.0 Å². The summed E-state index contributed by atoms with van der Waals surface area (Å²) in [6, 6.07) is 19.0. The molecule has 1 fully saturated rings. The highest BCUT2D eigenvalue weighted by molar-refractivity contribution is 7.22. The zero-order valence-electron chi connectivity index (χ0n) is 22.1. The lowest BCUT2D eigenvalue weighted by atomic mass is 9.95. The number of thiazole rings is 1. The average molecular weight is 543 g/mol. The van der Waals surface area contributed by atoms with Crippen LogP contribution in [0.15, 0.2) is 72.3 Å². The lowest BCUT2D eigenvalue weighted by molar-refractivity contribution is -0.132. The molecular weight excluding hydrogens is 512 g/mol. The molecule has 1 aliphatic rings. The summed E-state index contributed by atoms with van der Waals surface area (Å²) in [5.74, 6) is -0.507. The van der Waals surface area contributed by atoms with Gasteiger partial charge >= 0.3 is 5.91 Å². The van der Waals surface area contributed by atoms with Crippen LogP contribution in [-0.2, 0) is 9.59 Å². The number of hydrogen-bond donors (Lipinski definition) is 1. The molecule has 0 radical (unpaired) electrons. The molecule has 1 aliphatic heterocycles. The summed E-state index contributed by atoms with van der Waals surface area (Å²) in [5.41, 5.74) is 2.87. The highest BCUT2D eigenvalue weighted by Gasteiger charge is 2.48. The monoisotopic (exact) mass is 542 g/mol. The number of aryl methyl sites for hydroxylation is 1. The Bertz CT molecular complexity index is 1560. The zero-order chi connectivity index (χ0) is 27.5. The average Bonchev–Trinajstić information content (AvgIpc) is 3.48. The zero-order valence-corrected chi connectivity index (χ0v) is 23.0. The number of nitrogens with zero attached hydrogens (tertiary/aromatic N) is 2. The number of aliphatic hydroxyl groups is 1. The Labute approximate surface area is 231 Å². The third kappa shape index (κ3) is 5.25. The van der Waals surface area contributed by atoms with E-state index in [0.717, 1.165) is 35.0 Å². The predicted molar refractivity (Wildman–Crippen MR) is 154 cm³/mol. The van der Waals surface area contributed by atoms with E-state index in [0.29, 0.717) is 34.4 Å². The Balaban J connectivity index is 1.63. The maximum atomic E-state index is 13.6. The molecule has 0 spiro atoms. The number of hydrogen-bond acceptors (Lipinski definition) is 7. The number of aromatic nitrogens is 1. The molecule has 3 aromatic carbocycles. The van der Waals surface area contributed by atoms with Gasteiger partial charge in [0.05, 0.1) is 35.5 Å². The van der Waals surface area contributed by atoms with Crippen molar-refractivity contribution < 1.29 is 24.2 Å². The fourth-order valence-electron chi connectivity index (χ4n) is 4.69. The van der Waals surface area contributed by atoms with Gasteiger partial charge in [0.1, 0.15) is 17.3 Å². The van der Waals surface area contributed by atoms with Gasteiger partial charge in [0.15, 0.2) is 5.13 Å². The van der Waals surface area contributed by atoms with Crippen LogP contribution in [0.3, 0.4) is 0 Å². The molecule has 5 rings (SSSR count). The first kappa shape index (κ1) is 26.4. The number of carbonyl (C=O) groups excluding carboxylic acids is 2. The van der Waals surface area contributed by atoms with Crippen molar-refractivity contribution in [2.75, 3.05) is 18.6 Å². The van der Waals surface area contributed by atoms with E-state index in [1.54, 1.807) is 31.4 Å². The van der Waals surface area contributed by atoms with Gasteiger partial charge in [-0.15, -0.1) is 0 Å². The third-order valence-corrected chi connectivity index (χ3v) is 7.75. The smallest absolute Gasteiger partial charge is 0.301 e. The largest absolute Gasteiger partial charge is 0.507 e. The molecule has 2 heterocycles. The van der Waals surface area contributed by atoms with Gasteiger partial charge in [-0.2, -0.15) is 0 Å². The fraction of sp³-hybridized carbons (Fsp3) is 0.258. The van der Waals surface area contributed by atoms with Crippen LogP contribution < -0.4 is 14.4 Å². The second-order valence-corrected chi connectivity index (χ2v) is 10.5. The Morgan fingerprint density at radius 3 is 2.56 bits per heavy atom. The van der Waals surface area contributed by atoms with Crippen molar-refractivity contribution in [2.45, 2.75) is 39.2 Å². The molecule has 1 N–H and O–H groups in total. The molecule has 1 atom stereocenters. The number of ether oxygens (including phenoxy) is 2. The van der Waals surface area contributed by atoms with E-state index < -0.39 is 17.7 Å². The number of aliphatic hydroxyl groups excluding tert-OH is 1. The number of rotatable bonds is 9. The van der Waals surface area contributed by atoms with Crippen LogP contribution in [0, 0.1) is 6.92 Å². The number of unbranched alkanes of at least 4 members (excludes halogenated alkanes) is 2. The molecule has 1 unspecified atom stereocenters. The van der Waals surface area contributed by atoms with E-state index in [1.165, 1.54) is 16.2 Å². The van der Waals surface area contributed by atoms with Crippen LogP contribution in [-0.4, -0.2) is 35.5 Å². The number of Topliss-reactive ketones (excluding diaryl/α,β-unsaturated/α-hetero) is 1. The van der Waals surface area contributed by atoms with Gasteiger partial charge in [0.25, 0.3) is 5.78 Å². The minimum Gasteiger partial charge on any atom is -0.507 e. The van der Waals surface area contributed by atoms with Gasteiger partial charge < -0.3 is 14.6 Å². The van der Waals surface area contributed by atoms with Crippen LogP contribution in [0.1, 0.15) is 48.9 Å². The van der Waals surface area contributed by atoms with Crippen molar-refractivity contribution in [1.82, 2.24) is 4.98 Å². The number of anilines is 1. The Hall–Kier alpha value is -4.17. The molecule has 4 aromatic rings. The molecule has 8 heteroatoms. The summed E-state index contributed by atoms with van der Waals surface area (Å²) in [6.07, 6.45) is 3.09. The third-order valence-electron chi connectivity index (χ3n) is 6.74. The van der Waals surface area contributed by atoms with E-state index in [2.05, 4.69) is 6.92 Å². The van der Waals surface area contributed by atoms with E-state index in [4.69, 9.17) is 14.5 Å². The first-order chi connectivity index (χ1) is 18.9. The van der Waals surface area contributed by atoms with Crippen LogP contribution in [0.5, 0.6) is 11.5 Å². The molecule has 1 aromatic heterocycles. The summed E-state index contributed by atoms with van der Waals surface area (Å²) in [5, 5.41) is 11.8. The second kappa shape index (κ2) is 11.3. The minimum atomic E-state index is -0.882. The minimum absolute atomic E-state index is 0.00346. The van der Waals surface area contributed by atoms with Crippen molar-refractivity contribution >= 4 is 44.1 Å². The number of benzene rings is 3. The maximum absolute atomic E-state index is 13.6. The Morgan fingerprint density at radius 2 is 1.82 bits per heavy atom. The summed E-state index contributed by atoms with van der Waals surface area (Å²) < 4.78 is 12.1. The first-order valence-electron chi connectivity index (χ1n) is 13.0. The van der Waals surface area contributed by atoms with Crippen LogP contribution in [0.4, 0.5) is 5.13 Å². The van der Waals surface area contributed by atoms with Crippen LogP contribution >= 0.6 is 11.3 Å². The van der Waals surface area contributed by atoms with Gasteiger partial charge in [-0.3, -0.25) is 14.5 Å². The van der Waals surface area contributed by atoms with Crippen molar-refractivity contribution in [3.63, 3.8) is 0 Å². The summed E-state index contributed by atoms with van der Waals surface area (Å²) >= 11 is 1.34. The lowest BCUT2D eigenvalue weighted by Crippen LogP contribution is -2.29. The summed E-state index contributed by atoms with van der Waals surface area (Å²) in [6.45, 7) is 4.70. The lowest BCUT2D eigenvalue weighted by Gasteiger charge is -2.23. The number of amides is 1. The molecule has 1 saturated heterocycles. The van der Waals surface area contributed by atoms with Gasteiger partial charge in [0, 0.05) is 5.56 Å². The summed E-state index contributed by atoms with van der Waals surface area (Å²) in [4.78, 5) is 33.2. The fourth-order valence-corrected chi connectivity index (χ4v) is 5.78. The molecule has 39 heavy (non-hydrogen) atoms. The Kier molecular flexibility index (Phi) is 7.65. The van der Waals surface area contributed by atoms with Gasteiger partial charge in [-0.1, -0.05) is 49.3 Å². The van der Waals surface area contributed by atoms with Gasteiger partial charge in [-0.25, -0.2) is 4.98 Å². The molecule has 0 bridgehead atoms. The molecule has 200 valence electrons. The highest BCUT2D eigenvalue weighted by atomic mass is 32.1. The van der Waals surface area contributed by atoms with E-state index >= 15 is 0 Å². The highest BCUT2D eigenvalue weighted by Crippen LogP contribution is 2.45. The predicted octanol–water partition coefficient (Wildman–Crippen LogP) is 6.81.